The van der Waals surface area contributed by atoms with Crippen LogP contribution in [0.15, 0.2) is 72.8 Å². The lowest BCUT2D eigenvalue weighted by molar-refractivity contribution is -0.212. The summed E-state index contributed by atoms with van der Waals surface area (Å²) in [7, 11) is 3.40. The van der Waals surface area contributed by atoms with Crippen LogP contribution in [0.4, 0.5) is 28.8 Å². The summed E-state index contributed by atoms with van der Waals surface area (Å²) in [4.78, 5) is 186. The van der Waals surface area contributed by atoms with Crippen LogP contribution in [0, 0.1) is 29.6 Å². The summed E-state index contributed by atoms with van der Waals surface area (Å²) in [5.74, 6) is -7.83. The number of nitrogens with one attached hydrogen (secondary N) is 11. The molecule has 44 heteroatoms. The lowest BCUT2D eigenvalue weighted by Crippen LogP contribution is -2.50. The molecule has 18 atom stereocenters. The summed E-state index contributed by atoms with van der Waals surface area (Å²) in [5, 5.41) is 39.1. The van der Waals surface area contributed by atoms with Crippen molar-refractivity contribution >= 4 is 89.0 Å². The van der Waals surface area contributed by atoms with E-state index in [-0.39, 0.29) is 123 Å². The number of carboxylic acids is 1. The Morgan fingerprint density at radius 3 is 0.925 bits per heavy atom. The number of ether oxygens (including phenoxy) is 12. The molecule has 6 aliphatic rings. The SMILES string of the molecule is CC(C)[C@@H](CC(=O)C1OC2OC(C)(C)OC2C1N)C(=O)NC(CCCNC(N)=O)C(=O)Cc1ccc(CCNC(=O)OC(C)(C)C)cc1.CC(C)[C@@H](N)C(=O)NC(CCCNC(N)=O)C(=O)Cc1ccc(CCNC(=O)OC(C)(C)C)cc1.CNC1C(C(=O)C[C@@H](C(=O)NC(CCCNC(N)=O)C(=O)Cc2ccc(CCNC(=O)OC(C)(C)C)cc2)C(C)C)OC2OC(C)(C)OC21.CNC1C(C(=O)O)OC2OC(C)(C)OC21. The van der Waals surface area contributed by atoms with E-state index in [0.29, 0.717) is 71.1 Å². The van der Waals surface area contributed by atoms with Gasteiger partial charge in [0, 0.05) is 83.2 Å². The number of Topliss-reactive ketones (excluding diaryl/α,β-unsaturated/α-hetero) is 5. The number of carbonyl (C=O) groups is 15. The third-order valence-corrected chi connectivity index (χ3v) is 24.4. The summed E-state index contributed by atoms with van der Waals surface area (Å²) in [5.41, 5.74) is 31.2. The molecule has 6 heterocycles. The molecule has 9 rings (SSSR count). The molecule has 0 saturated carbocycles. The van der Waals surface area contributed by atoms with E-state index in [2.05, 4.69) is 58.5 Å². The first-order valence-corrected chi connectivity index (χ1v) is 50.4. The summed E-state index contributed by atoms with van der Waals surface area (Å²) in [6.45, 7) is 39.8. The van der Waals surface area contributed by atoms with Crippen LogP contribution in [0.1, 0.15) is 230 Å². The third kappa shape index (κ3) is 43.2. The van der Waals surface area contributed by atoms with Crippen LogP contribution in [-0.4, -0.2) is 279 Å². The van der Waals surface area contributed by atoms with Crippen molar-refractivity contribution in [1.82, 2.24) is 58.5 Å². The maximum Gasteiger partial charge on any atom is 0.407 e. The second-order valence-electron chi connectivity index (χ2n) is 42.8. The zero-order chi connectivity index (χ0) is 110. The first kappa shape index (κ1) is 125. The number of hydrogen-bond acceptors (Lipinski definition) is 31. The van der Waals surface area contributed by atoms with Gasteiger partial charge in [-0.2, -0.15) is 0 Å². The topological polar surface area (TPSA) is 649 Å². The van der Waals surface area contributed by atoms with E-state index in [1.54, 1.807) is 118 Å². The number of primary amides is 3. The minimum atomic E-state index is -1.01. The number of carbonyl (C=O) groups excluding carboxylic acids is 14. The maximum atomic E-state index is 13.7. The summed E-state index contributed by atoms with van der Waals surface area (Å²) in [6, 6.07) is 15.7. The van der Waals surface area contributed by atoms with Gasteiger partial charge in [0.25, 0.3) is 0 Å². The Labute approximate surface area is 862 Å². The van der Waals surface area contributed by atoms with Crippen LogP contribution in [0.25, 0.3) is 0 Å². The quantitative estimate of drug-likeness (QED) is 0.0226. The average Bonchev–Trinajstić information content (AvgIpc) is 1.62. The maximum absolute atomic E-state index is 13.7. The monoisotopic (exact) mass is 2070 g/mol. The third-order valence-electron chi connectivity index (χ3n) is 24.4. The van der Waals surface area contributed by atoms with Gasteiger partial charge in [-0.25, -0.2) is 33.6 Å². The van der Waals surface area contributed by atoms with Gasteiger partial charge in [-0.3, -0.25) is 38.4 Å². The van der Waals surface area contributed by atoms with Gasteiger partial charge in [0.2, 0.25) is 17.7 Å². The highest BCUT2D eigenvalue weighted by molar-refractivity contribution is 5.96. The fraction of sp³-hybridized carbons (Fsp3) is 0.680. The first-order valence-electron chi connectivity index (χ1n) is 50.4. The van der Waals surface area contributed by atoms with Crippen LogP contribution in [0.3, 0.4) is 0 Å². The number of urea groups is 3. The standard InChI is InChI=1S/C35H55N5O9.C34H53N5O9.C25H41N5O5.C9H15NO5/c1-20(2)23(19-26(42)28-27(37-8)29-31(46-28)48-35(6,7)47-29)30(43)40-24(10-9-16-38-32(36)44)25(41)18-22-13-11-21(12-14-22)15-17-39-33(45)49-34(3,4)5;1-19(2)22(18-25(41)27-26(35)28-30(45-27)47-34(6,7)46-28)29(42)39-23(9-8-15-37-31(36)43)24(40)17-21-12-10-20(11-13-21)14-16-38-32(44)48-33(3,4)5;1-16(2)21(26)22(32)30-19(7-6-13-28-23(27)33)20(31)15-18-10-8-17(9-11-18)12-14-29-24(34)35-25(3,4)5;1-9(2)14-6-4(10-3)5(7(11)12)13-8(6)15-9/h11-14,20,23-24,27-29,31,37H,9-10,15-19H2,1-8H3,(H,39,45)(H,40,43)(H3,36,38,44);10-13,19,22-23,26-28,30H,8-9,14-18,35H2,1-7H3,(H,38,44)(H,39,42)(H3,36,37,43);8-11,16,19,21H,6-7,12-15,26H2,1-5H3,(H,29,34)(H,30,32)(H3,27,28,33);4-6,8,10H,1-3H3,(H,11,12)/t23-,24?,27?,28?,29?,31?;22-,23?,26?,27?,28?,30?;19?,21-;/m111./s1. The van der Waals surface area contributed by atoms with E-state index >= 15 is 0 Å². The number of benzene rings is 3. The normalized spacial score (nSPS) is 22.4. The molecule has 3 aromatic carbocycles. The minimum absolute atomic E-state index is 0.0554. The number of alkyl carbamates (subject to hydrolysis) is 3. The number of carboxylic acid groups (broad SMARTS) is 1. The van der Waals surface area contributed by atoms with E-state index in [1.807, 2.05) is 114 Å². The van der Waals surface area contributed by atoms with Crippen molar-refractivity contribution in [3.05, 3.63) is 106 Å². The summed E-state index contributed by atoms with van der Waals surface area (Å²) < 4.78 is 67.1. The van der Waals surface area contributed by atoms with Gasteiger partial charge in [0.05, 0.1) is 42.3 Å². The van der Waals surface area contributed by atoms with Gasteiger partial charge >= 0.3 is 42.3 Å². The molecular formula is C103H164N16O28. The van der Waals surface area contributed by atoms with Gasteiger partial charge < -0.3 is 149 Å². The fourth-order valence-electron chi connectivity index (χ4n) is 16.8. The van der Waals surface area contributed by atoms with Crippen LogP contribution in [0.2, 0.25) is 0 Å². The number of ketones is 5. The smallest absolute Gasteiger partial charge is 0.407 e. The molecule has 824 valence electrons. The predicted octanol–water partition coefficient (Wildman–Crippen LogP) is 6.05. The Hall–Kier alpha value is -11.0. The molecule has 147 heavy (non-hydrogen) atoms. The molecule has 6 saturated heterocycles. The molecule has 0 aliphatic carbocycles. The Balaban J connectivity index is 0.000000317. The highest BCUT2D eigenvalue weighted by Crippen LogP contribution is 2.41. The van der Waals surface area contributed by atoms with Crippen molar-refractivity contribution in [2.45, 2.75) is 367 Å². The van der Waals surface area contributed by atoms with E-state index in [9.17, 15) is 71.9 Å². The molecular weight excluding hydrogens is 1910 g/mol. The molecule has 0 aromatic heterocycles. The second-order valence-corrected chi connectivity index (χ2v) is 42.8. The number of fused-ring (bicyclic) bond motifs is 3. The van der Waals surface area contributed by atoms with Crippen LogP contribution < -0.4 is 87.2 Å². The van der Waals surface area contributed by atoms with E-state index in [4.69, 9.17) is 90.6 Å². The Morgan fingerprint density at radius 1 is 0.374 bits per heavy atom. The summed E-state index contributed by atoms with van der Waals surface area (Å²) in [6.07, 6.45) is -3.79. The zero-order valence-electron chi connectivity index (χ0n) is 89.6. The minimum Gasteiger partial charge on any atom is -0.479 e. The molecule has 0 spiro atoms. The van der Waals surface area contributed by atoms with Crippen molar-refractivity contribution in [3.63, 3.8) is 0 Å². The molecule has 6 aliphatic heterocycles. The molecule has 44 nitrogen and oxygen atoms in total. The largest absolute Gasteiger partial charge is 0.479 e. The van der Waals surface area contributed by atoms with Crippen LogP contribution >= 0.6 is 0 Å². The van der Waals surface area contributed by atoms with Crippen molar-refractivity contribution < 1.29 is 134 Å². The summed E-state index contributed by atoms with van der Waals surface area (Å²) >= 11 is 0. The zero-order valence-corrected chi connectivity index (χ0v) is 89.6. The number of amides is 12. The first-order chi connectivity index (χ1) is 68.5. The number of rotatable bonds is 48. The van der Waals surface area contributed by atoms with E-state index < -0.39 is 186 Å². The van der Waals surface area contributed by atoms with Crippen LogP contribution in [0.5, 0.6) is 0 Å². The number of nitrogens with two attached hydrogens (primary N) is 5. The van der Waals surface area contributed by atoms with Gasteiger partial charge in [0.1, 0.15) is 47.3 Å². The van der Waals surface area contributed by atoms with Crippen molar-refractivity contribution in [2.75, 3.05) is 53.4 Å². The molecule has 12 amide bonds. The lowest BCUT2D eigenvalue weighted by Gasteiger charge is -2.27. The Bertz CT molecular complexity index is 4850. The molecule has 15 unspecified atom stereocenters. The highest BCUT2D eigenvalue weighted by Gasteiger charge is 2.59. The molecule has 3 aromatic rings. The van der Waals surface area contributed by atoms with Gasteiger partial charge in [0.15, 0.2) is 71.3 Å². The molecule has 0 radical (unpaired) electrons. The fourth-order valence-corrected chi connectivity index (χ4v) is 16.8. The van der Waals surface area contributed by atoms with Crippen molar-refractivity contribution in [2.24, 2.45) is 58.3 Å². The molecule has 6 fully saturated rings. The van der Waals surface area contributed by atoms with Gasteiger partial charge in [-0.05, 0) is 227 Å². The van der Waals surface area contributed by atoms with Gasteiger partial charge in [-0.15, -0.1) is 0 Å². The number of hydrogen-bond donors (Lipinski definition) is 17. The van der Waals surface area contributed by atoms with Crippen molar-refractivity contribution in [1.29, 1.82) is 0 Å². The average molecular weight is 2070 g/mol. The second kappa shape index (κ2) is 57.1. The Morgan fingerprint density at radius 2 is 0.646 bits per heavy atom. The van der Waals surface area contributed by atoms with Crippen molar-refractivity contribution in [3.8, 4) is 0 Å². The molecule has 0 bridgehead atoms. The predicted molar refractivity (Wildman–Crippen MR) is 542 cm³/mol. The van der Waals surface area contributed by atoms with E-state index in [0.717, 1.165) is 33.4 Å². The van der Waals surface area contributed by atoms with E-state index in [1.165, 1.54) is 0 Å². The Kier molecular flexibility index (Phi) is 48.4. The lowest BCUT2D eigenvalue weighted by atomic mass is 9.86. The van der Waals surface area contributed by atoms with Crippen LogP contribution in [-0.2, 0) is 139 Å². The molecule has 22 N–H and O–H groups in total. The number of likely N-dealkylation sites (N-methyl/N-ethyl adjacent to an activating group) is 2. The highest BCUT2D eigenvalue weighted by atomic mass is 16.9. The number of aliphatic carboxylic acids is 1. The van der Waals surface area contributed by atoms with Gasteiger partial charge in [-0.1, -0.05) is 114 Å².